The van der Waals surface area contributed by atoms with E-state index in [-0.39, 0.29) is 24.0 Å². The lowest BCUT2D eigenvalue weighted by atomic mass is 9.89. The third-order valence-electron chi connectivity index (χ3n) is 6.69. The van der Waals surface area contributed by atoms with E-state index in [0.29, 0.717) is 12.5 Å². The molecule has 0 spiro atoms. The Balaban J connectivity index is 1.41. The number of hydrogen-bond acceptors (Lipinski definition) is 5. The third-order valence-corrected chi connectivity index (χ3v) is 6.69. The second kappa shape index (κ2) is 11.0. The summed E-state index contributed by atoms with van der Waals surface area (Å²) in [5, 5.41) is 10.8. The van der Waals surface area contributed by atoms with E-state index in [9.17, 15) is 4.79 Å². The lowest BCUT2D eigenvalue weighted by Gasteiger charge is -2.33. The van der Waals surface area contributed by atoms with Crippen molar-refractivity contribution in [1.29, 1.82) is 0 Å². The standard InChI is InChI=1S/C26H37N5O2/c1-19-16-27-18-25(33-19)21-6-4-20(5-7-21)23-10-11-24(12-13-28-29-17-23)30(2)14-15-31(3)26(32)22-8-9-22/h4-6,10-13,17,19,21-22,25,27,29H,7-9,14-16,18H2,1-3H3/t19-,21?,25-/m1/s1. The number of morpholine rings is 1. The number of ether oxygens (including phenoxy) is 1. The maximum absolute atomic E-state index is 12.2. The highest BCUT2D eigenvalue weighted by Gasteiger charge is 2.31. The molecule has 33 heavy (non-hydrogen) atoms. The largest absolute Gasteiger partial charge is 0.373 e. The smallest absolute Gasteiger partial charge is 0.225 e. The number of hydrogen-bond donors (Lipinski definition) is 2. The second-order valence-corrected chi connectivity index (χ2v) is 9.45. The molecule has 0 radical (unpaired) electrons. The van der Waals surface area contributed by atoms with Crippen molar-refractivity contribution in [2.24, 2.45) is 11.8 Å². The molecule has 0 aromatic carbocycles. The zero-order chi connectivity index (χ0) is 23.2. The first kappa shape index (κ1) is 23.5. The molecule has 1 amide bonds. The Kier molecular flexibility index (Phi) is 7.83. The van der Waals surface area contributed by atoms with Crippen LogP contribution >= 0.6 is 0 Å². The fourth-order valence-corrected chi connectivity index (χ4v) is 4.36. The molecular weight excluding hydrogens is 414 g/mol. The number of aromatic nitrogens is 2. The number of allylic oxidation sites excluding steroid dienone is 3. The van der Waals surface area contributed by atoms with Crippen molar-refractivity contribution < 1.29 is 9.53 Å². The predicted molar refractivity (Wildman–Crippen MR) is 132 cm³/mol. The number of H-pyrrole nitrogens is 1. The van der Waals surface area contributed by atoms with E-state index >= 15 is 0 Å². The van der Waals surface area contributed by atoms with Gasteiger partial charge in [0.2, 0.25) is 5.91 Å². The minimum absolute atomic E-state index is 0.226. The van der Waals surface area contributed by atoms with Crippen molar-refractivity contribution in [3.63, 3.8) is 0 Å². The van der Waals surface area contributed by atoms with Gasteiger partial charge in [0, 0.05) is 70.2 Å². The van der Waals surface area contributed by atoms with Crippen LogP contribution in [0.4, 0.5) is 5.69 Å². The number of carbonyl (C=O) groups is 1. The highest BCUT2D eigenvalue weighted by Crippen LogP contribution is 2.30. The molecule has 1 saturated carbocycles. The van der Waals surface area contributed by atoms with Gasteiger partial charge in [-0.05, 0) is 49.5 Å². The second-order valence-electron chi connectivity index (χ2n) is 9.45. The first-order chi connectivity index (χ1) is 16.0. The molecule has 3 atom stereocenters. The van der Waals surface area contributed by atoms with Crippen molar-refractivity contribution in [2.75, 3.05) is 45.2 Å². The number of nitrogens with zero attached hydrogens (tertiary/aromatic N) is 3. The molecule has 7 heteroatoms. The summed E-state index contributed by atoms with van der Waals surface area (Å²) >= 11 is 0. The van der Waals surface area contributed by atoms with Crippen LogP contribution < -0.4 is 10.2 Å². The fourth-order valence-electron chi connectivity index (χ4n) is 4.36. The number of amides is 1. The Morgan fingerprint density at radius 1 is 1.18 bits per heavy atom. The van der Waals surface area contributed by atoms with E-state index in [1.54, 1.807) is 6.20 Å². The molecule has 2 fully saturated rings. The van der Waals surface area contributed by atoms with Gasteiger partial charge in [-0.2, -0.15) is 5.10 Å². The average Bonchev–Trinajstić information content (AvgIpc) is 3.66. The number of likely N-dealkylation sites (N-methyl/N-ethyl adjacent to an activating group) is 2. The minimum atomic E-state index is 0.226. The molecule has 1 aliphatic heterocycles. The normalized spacial score (nSPS) is 24.6. The summed E-state index contributed by atoms with van der Waals surface area (Å²) in [5.41, 5.74) is 3.32. The lowest BCUT2D eigenvalue weighted by molar-refractivity contribution is -0.131. The van der Waals surface area contributed by atoms with Crippen LogP contribution in [0.2, 0.25) is 0 Å². The zero-order valence-electron chi connectivity index (χ0n) is 20.0. The monoisotopic (exact) mass is 451 g/mol. The van der Waals surface area contributed by atoms with Crippen LogP contribution in [0.3, 0.4) is 0 Å². The van der Waals surface area contributed by atoms with Crippen molar-refractivity contribution >= 4 is 17.2 Å². The van der Waals surface area contributed by atoms with E-state index in [0.717, 1.165) is 50.1 Å². The van der Waals surface area contributed by atoms with Crippen LogP contribution in [0.25, 0.3) is 5.57 Å². The van der Waals surface area contributed by atoms with Gasteiger partial charge < -0.3 is 19.9 Å². The van der Waals surface area contributed by atoms with Crippen molar-refractivity contribution in [3.8, 4) is 0 Å². The summed E-state index contributed by atoms with van der Waals surface area (Å²) in [6, 6.07) is 6.23. The predicted octanol–water partition coefficient (Wildman–Crippen LogP) is 3.18. The Morgan fingerprint density at radius 3 is 2.76 bits per heavy atom. The molecule has 2 heterocycles. The minimum Gasteiger partial charge on any atom is -0.373 e. The Hall–Kier alpha value is -2.64. The number of nitrogens with one attached hydrogen (secondary N) is 2. The Bertz CT molecular complexity index is 934. The van der Waals surface area contributed by atoms with Gasteiger partial charge in [0.25, 0.3) is 0 Å². The summed E-state index contributed by atoms with van der Waals surface area (Å²) < 4.78 is 6.13. The molecule has 1 aromatic heterocycles. The maximum Gasteiger partial charge on any atom is 0.225 e. The van der Waals surface area contributed by atoms with E-state index in [2.05, 4.69) is 64.7 Å². The van der Waals surface area contributed by atoms with Crippen molar-refractivity contribution in [3.05, 3.63) is 54.4 Å². The molecule has 4 rings (SSSR count). The van der Waals surface area contributed by atoms with Gasteiger partial charge in [0.05, 0.1) is 12.2 Å². The lowest BCUT2D eigenvalue weighted by Crippen LogP contribution is -2.46. The van der Waals surface area contributed by atoms with Gasteiger partial charge >= 0.3 is 0 Å². The van der Waals surface area contributed by atoms with Crippen LogP contribution in [-0.2, 0) is 9.53 Å². The van der Waals surface area contributed by atoms with E-state index in [1.165, 1.54) is 5.57 Å². The SMILES string of the molecule is C[C@@H]1CNC[C@H](C2C=CC(c3ccc(N(C)CCN(C)C(=O)C4CC4)ccn[nH]c3)=CC2)O1. The van der Waals surface area contributed by atoms with Crippen LogP contribution in [0.15, 0.2) is 48.8 Å². The van der Waals surface area contributed by atoms with Crippen LogP contribution in [0.5, 0.6) is 0 Å². The van der Waals surface area contributed by atoms with Gasteiger partial charge in [-0.1, -0.05) is 24.3 Å². The van der Waals surface area contributed by atoms with E-state index in [4.69, 9.17) is 4.74 Å². The van der Waals surface area contributed by atoms with Gasteiger partial charge in [-0.15, -0.1) is 0 Å². The molecule has 3 aliphatic rings. The first-order valence-corrected chi connectivity index (χ1v) is 12.1. The molecule has 2 aliphatic carbocycles. The molecule has 178 valence electrons. The fraction of sp³-hybridized carbons (Fsp3) is 0.538. The number of aromatic amines is 1. The highest BCUT2D eigenvalue weighted by molar-refractivity contribution is 5.80. The molecule has 7 nitrogen and oxygen atoms in total. The van der Waals surface area contributed by atoms with Crippen LogP contribution in [0.1, 0.15) is 31.7 Å². The molecule has 0 bridgehead atoms. The Morgan fingerprint density at radius 2 is 2.03 bits per heavy atom. The van der Waals surface area contributed by atoms with Gasteiger partial charge in [0.15, 0.2) is 0 Å². The summed E-state index contributed by atoms with van der Waals surface area (Å²) in [4.78, 5) is 16.2. The zero-order valence-corrected chi connectivity index (χ0v) is 20.0. The topological polar surface area (TPSA) is 73.5 Å². The maximum atomic E-state index is 12.2. The van der Waals surface area contributed by atoms with Crippen LogP contribution in [-0.4, -0.2) is 73.5 Å². The van der Waals surface area contributed by atoms with Gasteiger partial charge in [-0.25, -0.2) is 0 Å². The van der Waals surface area contributed by atoms with E-state index in [1.807, 2.05) is 24.2 Å². The summed E-state index contributed by atoms with van der Waals surface area (Å²) in [6.45, 7) is 5.43. The summed E-state index contributed by atoms with van der Waals surface area (Å²) in [5.74, 6) is 0.931. The van der Waals surface area contributed by atoms with Crippen LogP contribution in [0, 0.1) is 11.8 Å². The average molecular weight is 452 g/mol. The first-order valence-electron chi connectivity index (χ1n) is 12.1. The Labute approximate surface area is 197 Å². The molecule has 1 saturated heterocycles. The molecule has 1 aromatic rings. The van der Waals surface area contributed by atoms with Crippen molar-refractivity contribution in [1.82, 2.24) is 20.4 Å². The molecule has 2 N–H and O–H groups in total. The number of rotatable bonds is 7. The van der Waals surface area contributed by atoms with Gasteiger partial charge in [-0.3, -0.25) is 9.89 Å². The van der Waals surface area contributed by atoms with Gasteiger partial charge in [0.1, 0.15) is 0 Å². The summed E-state index contributed by atoms with van der Waals surface area (Å²) in [7, 11) is 3.95. The summed E-state index contributed by atoms with van der Waals surface area (Å²) in [6.07, 6.45) is 14.0. The number of anilines is 1. The van der Waals surface area contributed by atoms with Crippen molar-refractivity contribution in [2.45, 2.75) is 38.4 Å². The molecular formula is C26H37N5O2. The van der Waals surface area contributed by atoms with E-state index < -0.39 is 0 Å². The molecule has 1 unspecified atom stereocenters. The quantitative estimate of drug-likeness (QED) is 0.666. The third kappa shape index (κ3) is 6.45. The number of carbonyl (C=O) groups excluding carboxylic acids is 1. The highest BCUT2D eigenvalue weighted by atomic mass is 16.5.